The summed E-state index contributed by atoms with van der Waals surface area (Å²) < 4.78 is 7.18. The second-order valence-corrected chi connectivity index (χ2v) is 5.96. The van der Waals surface area contributed by atoms with Crippen LogP contribution in [-0.2, 0) is 0 Å². The molecule has 0 aliphatic heterocycles. The van der Waals surface area contributed by atoms with E-state index < -0.39 is 6.10 Å². The van der Waals surface area contributed by atoms with Crippen LogP contribution in [0.5, 0.6) is 0 Å². The van der Waals surface area contributed by atoms with Gasteiger partial charge in [-0.2, -0.15) is 4.98 Å². The average molecular weight is 423 g/mol. The molecule has 1 atom stereocenters. The first-order valence-electron chi connectivity index (χ1n) is 5.59. The Morgan fingerprint density at radius 2 is 2.28 bits per heavy atom. The van der Waals surface area contributed by atoms with E-state index in [1.807, 2.05) is 25.1 Å². The fraction of sp³-hybridized carbons (Fsp3) is 0.333. The fourth-order valence-electron chi connectivity index (χ4n) is 1.54. The second-order valence-electron chi connectivity index (χ2n) is 3.89. The topological polar surface area (TPSA) is 59.2 Å². The predicted octanol–water partition coefficient (Wildman–Crippen LogP) is 3.94. The summed E-state index contributed by atoms with van der Waals surface area (Å²) in [7, 11) is 0. The van der Waals surface area contributed by atoms with Crippen molar-refractivity contribution in [2.24, 2.45) is 0 Å². The molecule has 0 amide bonds. The van der Waals surface area contributed by atoms with Crippen LogP contribution in [0.3, 0.4) is 0 Å². The quantitative estimate of drug-likeness (QED) is 0.758. The Hall–Kier alpha value is -0.470. The maximum atomic E-state index is 9.81. The molecule has 0 fully saturated rings. The molecule has 1 unspecified atom stereocenters. The van der Waals surface area contributed by atoms with Crippen molar-refractivity contribution in [3.05, 3.63) is 32.1 Å². The third-order valence-electron chi connectivity index (χ3n) is 2.46. The van der Waals surface area contributed by atoms with E-state index in [4.69, 9.17) is 4.52 Å². The Morgan fingerprint density at radius 3 is 3.00 bits per heavy atom. The zero-order valence-corrected chi connectivity index (χ0v) is 13.5. The Kier molecular flexibility index (Phi) is 4.74. The number of benzene rings is 1. The molecule has 0 aliphatic rings. The van der Waals surface area contributed by atoms with Crippen molar-refractivity contribution in [2.75, 3.05) is 0 Å². The molecular weight excluding hydrogens is 411 g/mol. The zero-order chi connectivity index (χ0) is 13.1. The highest BCUT2D eigenvalue weighted by molar-refractivity contribution is 14.1. The summed E-state index contributed by atoms with van der Waals surface area (Å²) in [4.78, 5) is 4.25. The van der Waals surface area contributed by atoms with E-state index in [2.05, 4.69) is 48.7 Å². The van der Waals surface area contributed by atoms with Crippen LogP contribution in [0.4, 0.5) is 0 Å². The lowest BCUT2D eigenvalue weighted by molar-refractivity contribution is 0.153. The monoisotopic (exact) mass is 422 g/mol. The molecule has 0 radical (unpaired) electrons. The molecule has 2 rings (SSSR count). The molecule has 1 heterocycles. The predicted molar refractivity (Wildman–Crippen MR) is 80.0 cm³/mol. The molecule has 96 valence electrons. The van der Waals surface area contributed by atoms with Gasteiger partial charge in [-0.15, -0.1) is 0 Å². The van der Waals surface area contributed by atoms with E-state index in [9.17, 15) is 5.11 Å². The highest BCUT2D eigenvalue weighted by Crippen LogP contribution is 2.28. The number of hydrogen-bond acceptors (Lipinski definition) is 4. The van der Waals surface area contributed by atoms with Crippen molar-refractivity contribution in [1.29, 1.82) is 0 Å². The molecule has 4 nitrogen and oxygen atoms in total. The van der Waals surface area contributed by atoms with Crippen LogP contribution in [0.1, 0.15) is 31.7 Å². The molecule has 1 N–H and O–H groups in total. The van der Waals surface area contributed by atoms with Crippen LogP contribution in [-0.4, -0.2) is 15.2 Å². The molecule has 0 saturated heterocycles. The summed E-state index contributed by atoms with van der Waals surface area (Å²) in [5.41, 5.74) is 0.868. The van der Waals surface area contributed by atoms with Crippen molar-refractivity contribution in [3.63, 3.8) is 0 Å². The molecular formula is C12H12BrIN2O2. The first-order valence-corrected chi connectivity index (χ1v) is 7.46. The number of aromatic nitrogens is 2. The van der Waals surface area contributed by atoms with Gasteiger partial charge in [0.15, 0.2) is 0 Å². The lowest BCUT2D eigenvalue weighted by Gasteiger charge is -2.01. The summed E-state index contributed by atoms with van der Waals surface area (Å²) in [5, 5.41) is 13.6. The SMILES string of the molecule is CCCC(O)c1noc(-c2cc(Br)ccc2I)n1. The van der Waals surface area contributed by atoms with Gasteiger partial charge in [-0.25, -0.2) is 0 Å². The third kappa shape index (κ3) is 3.10. The minimum absolute atomic E-state index is 0.350. The van der Waals surface area contributed by atoms with E-state index in [1.165, 1.54) is 0 Å². The molecule has 0 saturated carbocycles. The summed E-state index contributed by atoms with van der Waals surface area (Å²) in [6.07, 6.45) is 0.853. The van der Waals surface area contributed by atoms with Gasteiger partial charge in [-0.05, 0) is 47.2 Å². The number of hydrogen-bond donors (Lipinski definition) is 1. The lowest BCUT2D eigenvalue weighted by atomic mass is 10.2. The van der Waals surface area contributed by atoms with Gasteiger partial charge in [0, 0.05) is 8.04 Å². The van der Waals surface area contributed by atoms with Crippen molar-refractivity contribution in [3.8, 4) is 11.5 Å². The summed E-state index contributed by atoms with van der Waals surface area (Å²) in [6, 6.07) is 5.84. The Morgan fingerprint density at radius 1 is 1.50 bits per heavy atom. The molecule has 0 bridgehead atoms. The zero-order valence-electron chi connectivity index (χ0n) is 9.73. The minimum Gasteiger partial charge on any atom is -0.385 e. The van der Waals surface area contributed by atoms with Gasteiger partial charge < -0.3 is 9.63 Å². The molecule has 1 aromatic carbocycles. The van der Waals surface area contributed by atoms with Crippen molar-refractivity contribution < 1.29 is 9.63 Å². The Bertz CT molecular complexity index is 545. The van der Waals surface area contributed by atoms with Crippen LogP contribution in [0.15, 0.2) is 27.2 Å². The van der Waals surface area contributed by atoms with E-state index >= 15 is 0 Å². The molecule has 0 spiro atoms. The van der Waals surface area contributed by atoms with Gasteiger partial charge in [0.25, 0.3) is 5.89 Å². The first kappa shape index (κ1) is 14.0. The first-order chi connectivity index (χ1) is 8.61. The number of aliphatic hydroxyl groups is 1. The molecule has 1 aromatic heterocycles. The van der Waals surface area contributed by atoms with Crippen LogP contribution >= 0.6 is 38.5 Å². The number of halogens is 2. The smallest absolute Gasteiger partial charge is 0.259 e. The van der Waals surface area contributed by atoms with Gasteiger partial charge in [0.2, 0.25) is 5.82 Å². The van der Waals surface area contributed by atoms with Gasteiger partial charge in [-0.3, -0.25) is 0 Å². The minimum atomic E-state index is -0.655. The van der Waals surface area contributed by atoms with Gasteiger partial charge in [0.05, 0.1) is 5.56 Å². The largest absolute Gasteiger partial charge is 0.385 e. The van der Waals surface area contributed by atoms with E-state index in [1.54, 1.807) is 0 Å². The number of rotatable bonds is 4. The highest BCUT2D eigenvalue weighted by Gasteiger charge is 2.17. The lowest BCUT2D eigenvalue weighted by Crippen LogP contribution is -1.98. The third-order valence-corrected chi connectivity index (χ3v) is 3.89. The van der Waals surface area contributed by atoms with Crippen LogP contribution in [0, 0.1) is 3.57 Å². The van der Waals surface area contributed by atoms with Crippen LogP contribution < -0.4 is 0 Å². The standard InChI is InChI=1S/C12H12BrIN2O2/c1-2-3-10(17)11-15-12(18-16-11)8-6-7(13)4-5-9(8)14/h4-6,10,17H,2-3H2,1H3. The number of aliphatic hydroxyl groups excluding tert-OH is 1. The Labute approximate surface area is 127 Å². The van der Waals surface area contributed by atoms with Gasteiger partial charge in [-0.1, -0.05) is 34.4 Å². The van der Waals surface area contributed by atoms with Crippen LogP contribution in [0.25, 0.3) is 11.5 Å². The van der Waals surface area contributed by atoms with E-state index in [-0.39, 0.29) is 0 Å². The van der Waals surface area contributed by atoms with Crippen molar-refractivity contribution in [2.45, 2.75) is 25.9 Å². The summed E-state index contributed by atoms with van der Waals surface area (Å²) in [5.74, 6) is 0.786. The molecule has 18 heavy (non-hydrogen) atoms. The Balaban J connectivity index is 2.32. The van der Waals surface area contributed by atoms with Gasteiger partial charge in [0.1, 0.15) is 6.10 Å². The normalized spacial score (nSPS) is 12.7. The summed E-state index contributed by atoms with van der Waals surface area (Å²) >= 11 is 5.62. The van der Waals surface area contributed by atoms with Crippen LogP contribution in [0.2, 0.25) is 0 Å². The molecule has 2 aromatic rings. The maximum absolute atomic E-state index is 9.81. The molecule has 6 heteroatoms. The van der Waals surface area contributed by atoms with Crippen molar-refractivity contribution >= 4 is 38.5 Å². The van der Waals surface area contributed by atoms with E-state index in [0.29, 0.717) is 18.1 Å². The van der Waals surface area contributed by atoms with Crippen molar-refractivity contribution in [1.82, 2.24) is 10.1 Å². The number of nitrogens with zero attached hydrogens (tertiary/aromatic N) is 2. The second kappa shape index (κ2) is 6.12. The van der Waals surface area contributed by atoms with Gasteiger partial charge >= 0.3 is 0 Å². The average Bonchev–Trinajstić information content (AvgIpc) is 2.82. The maximum Gasteiger partial charge on any atom is 0.259 e. The summed E-state index contributed by atoms with van der Waals surface area (Å²) in [6.45, 7) is 2.00. The highest BCUT2D eigenvalue weighted by atomic mass is 127. The van der Waals surface area contributed by atoms with E-state index in [0.717, 1.165) is 20.0 Å². The molecule has 0 aliphatic carbocycles. The fourth-order valence-corrected chi connectivity index (χ4v) is 2.47.